The van der Waals surface area contributed by atoms with Crippen LogP contribution >= 0.6 is 0 Å². The summed E-state index contributed by atoms with van der Waals surface area (Å²) in [4.78, 5) is 11.4. The Hall–Kier alpha value is -2.77. The number of hydrogen-bond acceptors (Lipinski definition) is 6. The SMILES string of the molecule is COc1cc2nc(-c3cccc(F)c3)cnc2cc1OCCN1CCO[C@@H](C)C1. The van der Waals surface area contributed by atoms with E-state index in [-0.39, 0.29) is 11.9 Å². The van der Waals surface area contributed by atoms with Crippen LogP contribution in [0, 0.1) is 5.82 Å². The molecule has 1 aliphatic heterocycles. The maximum atomic E-state index is 13.5. The van der Waals surface area contributed by atoms with E-state index in [0.29, 0.717) is 40.4 Å². The molecule has 0 bridgehead atoms. The third-order valence-corrected chi connectivity index (χ3v) is 4.94. The lowest BCUT2D eigenvalue weighted by Crippen LogP contribution is -2.42. The Bertz CT molecular complexity index is 998. The third kappa shape index (κ3) is 4.63. The second-order valence-electron chi connectivity index (χ2n) is 7.09. The second kappa shape index (κ2) is 8.71. The minimum Gasteiger partial charge on any atom is -0.493 e. The quantitative estimate of drug-likeness (QED) is 0.634. The normalized spacial score (nSPS) is 17.4. The van der Waals surface area contributed by atoms with Crippen LogP contribution < -0.4 is 9.47 Å². The fraction of sp³-hybridized carbons (Fsp3) is 0.364. The van der Waals surface area contributed by atoms with Crippen molar-refractivity contribution in [3.8, 4) is 22.8 Å². The van der Waals surface area contributed by atoms with E-state index in [1.54, 1.807) is 31.5 Å². The highest BCUT2D eigenvalue weighted by molar-refractivity contribution is 5.81. The largest absolute Gasteiger partial charge is 0.493 e. The van der Waals surface area contributed by atoms with Gasteiger partial charge < -0.3 is 14.2 Å². The van der Waals surface area contributed by atoms with E-state index in [1.807, 2.05) is 6.07 Å². The van der Waals surface area contributed by atoms with E-state index in [2.05, 4.69) is 21.8 Å². The van der Waals surface area contributed by atoms with Gasteiger partial charge in [0.05, 0.1) is 42.7 Å². The first-order chi connectivity index (χ1) is 14.1. The van der Waals surface area contributed by atoms with Gasteiger partial charge in [0, 0.05) is 37.3 Å². The fourth-order valence-electron chi connectivity index (χ4n) is 3.46. The molecule has 2 heterocycles. The van der Waals surface area contributed by atoms with E-state index in [9.17, 15) is 4.39 Å². The van der Waals surface area contributed by atoms with Crippen molar-refractivity contribution in [1.82, 2.24) is 14.9 Å². The molecule has 1 atom stereocenters. The molecule has 0 N–H and O–H groups in total. The zero-order chi connectivity index (χ0) is 20.2. The van der Waals surface area contributed by atoms with Crippen LogP contribution in [0.3, 0.4) is 0 Å². The Balaban J connectivity index is 1.52. The summed E-state index contributed by atoms with van der Waals surface area (Å²) in [5, 5.41) is 0. The van der Waals surface area contributed by atoms with Gasteiger partial charge in [-0.15, -0.1) is 0 Å². The number of morpholine rings is 1. The Morgan fingerprint density at radius 1 is 1.21 bits per heavy atom. The Morgan fingerprint density at radius 2 is 2.07 bits per heavy atom. The van der Waals surface area contributed by atoms with E-state index in [0.717, 1.165) is 26.2 Å². The molecular weight excluding hydrogens is 373 g/mol. The molecule has 1 fully saturated rings. The summed E-state index contributed by atoms with van der Waals surface area (Å²) in [6.07, 6.45) is 1.89. The molecule has 3 aromatic rings. The van der Waals surface area contributed by atoms with Crippen molar-refractivity contribution in [2.45, 2.75) is 13.0 Å². The standard InChI is InChI=1S/C22H24FN3O3/c1-15-14-26(6-8-28-15)7-9-29-22-11-18-19(12-21(22)27-2)25-20(13-24-18)16-4-3-5-17(23)10-16/h3-5,10-13,15H,6-9,14H2,1-2H3/t15-/m0/s1. The first kappa shape index (κ1) is 19.5. The van der Waals surface area contributed by atoms with E-state index in [4.69, 9.17) is 14.2 Å². The summed E-state index contributed by atoms with van der Waals surface area (Å²) in [5.74, 6) is 0.924. The highest BCUT2D eigenvalue weighted by Gasteiger charge is 2.17. The van der Waals surface area contributed by atoms with Crippen molar-refractivity contribution >= 4 is 11.0 Å². The van der Waals surface area contributed by atoms with Crippen molar-refractivity contribution in [2.24, 2.45) is 0 Å². The first-order valence-corrected chi connectivity index (χ1v) is 9.70. The van der Waals surface area contributed by atoms with Crippen LogP contribution in [0.2, 0.25) is 0 Å². The van der Waals surface area contributed by atoms with Crippen LogP contribution in [-0.2, 0) is 4.74 Å². The Labute approximate surface area is 169 Å². The lowest BCUT2D eigenvalue weighted by atomic mass is 10.1. The molecular formula is C22H24FN3O3. The van der Waals surface area contributed by atoms with Gasteiger partial charge in [-0.25, -0.2) is 9.37 Å². The molecule has 2 aromatic carbocycles. The van der Waals surface area contributed by atoms with Crippen LogP contribution in [-0.4, -0.2) is 60.9 Å². The topological polar surface area (TPSA) is 56.7 Å². The summed E-state index contributed by atoms with van der Waals surface area (Å²) in [5.41, 5.74) is 2.64. The summed E-state index contributed by atoms with van der Waals surface area (Å²) >= 11 is 0. The van der Waals surface area contributed by atoms with E-state index >= 15 is 0 Å². The molecule has 4 rings (SSSR count). The molecule has 1 aromatic heterocycles. The van der Waals surface area contributed by atoms with Crippen molar-refractivity contribution in [1.29, 1.82) is 0 Å². The lowest BCUT2D eigenvalue weighted by molar-refractivity contribution is -0.0214. The molecule has 1 aliphatic rings. The van der Waals surface area contributed by atoms with E-state index in [1.165, 1.54) is 12.1 Å². The smallest absolute Gasteiger partial charge is 0.163 e. The molecule has 6 nitrogen and oxygen atoms in total. The molecule has 0 amide bonds. The molecule has 1 saturated heterocycles. The third-order valence-electron chi connectivity index (χ3n) is 4.94. The monoisotopic (exact) mass is 397 g/mol. The van der Waals surface area contributed by atoms with Crippen molar-refractivity contribution < 1.29 is 18.6 Å². The molecule has 152 valence electrons. The summed E-state index contributed by atoms with van der Waals surface area (Å²) in [6.45, 7) is 6.02. The number of nitrogens with zero attached hydrogens (tertiary/aromatic N) is 3. The van der Waals surface area contributed by atoms with Crippen molar-refractivity contribution in [2.75, 3.05) is 40.0 Å². The first-order valence-electron chi connectivity index (χ1n) is 9.70. The predicted octanol–water partition coefficient (Wildman–Crippen LogP) is 3.54. The zero-order valence-electron chi connectivity index (χ0n) is 16.6. The summed E-state index contributed by atoms with van der Waals surface area (Å²) < 4.78 is 30.6. The van der Waals surface area contributed by atoms with Gasteiger partial charge in [-0.05, 0) is 19.1 Å². The number of hydrogen-bond donors (Lipinski definition) is 0. The molecule has 0 spiro atoms. The molecule has 0 saturated carbocycles. The van der Waals surface area contributed by atoms with Crippen LogP contribution in [0.25, 0.3) is 22.3 Å². The van der Waals surface area contributed by atoms with Crippen LogP contribution in [0.5, 0.6) is 11.5 Å². The van der Waals surface area contributed by atoms with Gasteiger partial charge in [0.2, 0.25) is 0 Å². The van der Waals surface area contributed by atoms with Crippen LogP contribution in [0.4, 0.5) is 4.39 Å². The highest BCUT2D eigenvalue weighted by Crippen LogP contribution is 2.32. The minimum atomic E-state index is -0.305. The maximum Gasteiger partial charge on any atom is 0.163 e. The molecule has 0 unspecified atom stereocenters. The fourth-order valence-corrected chi connectivity index (χ4v) is 3.46. The predicted molar refractivity (Wildman–Crippen MR) is 109 cm³/mol. The van der Waals surface area contributed by atoms with Crippen molar-refractivity contribution in [3.63, 3.8) is 0 Å². The van der Waals surface area contributed by atoms with E-state index < -0.39 is 0 Å². The zero-order valence-corrected chi connectivity index (χ0v) is 16.6. The number of rotatable bonds is 6. The molecule has 0 radical (unpaired) electrons. The Kier molecular flexibility index (Phi) is 5.87. The minimum absolute atomic E-state index is 0.251. The average Bonchev–Trinajstić information content (AvgIpc) is 2.73. The number of fused-ring (bicyclic) bond motifs is 1. The van der Waals surface area contributed by atoms with Gasteiger partial charge in [0.1, 0.15) is 12.4 Å². The maximum absolute atomic E-state index is 13.5. The van der Waals surface area contributed by atoms with Gasteiger partial charge in [-0.3, -0.25) is 9.88 Å². The molecule has 0 aliphatic carbocycles. The molecule has 7 heteroatoms. The number of ether oxygens (including phenoxy) is 3. The van der Waals surface area contributed by atoms with Gasteiger partial charge in [-0.1, -0.05) is 12.1 Å². The summed E-state index contributed by atoms with van der Waals surface area (Å²) in [6, 6.07) is 9.94. The number of methoxy groups -OCH3 is 1. The van der Waals surface area contributed by atoms with Gasteiger partial charge >= 0.3 is 0 Å². The van der Waals surface area contributed by atoms with Crippen LogP contribution in [0.15, 0.2) is 42.6 Å². The lowest BCUT2D eigenvalue weighted by Gasteiger charge is -2.30. The van der Waals surface area contributed by atoms with Crippen molar-refractivity contribution in [3.05, 3.63) is 48.4 Å². The second-order valence-corrected chi connectivity index (χ2v) is 7.09. The number of halogens is 1. The average molecular weight is 397 g/mol. The van der Waals surface area contributed by atoms with Gasteiger partial charge in [0.15, 0.2) is 11.5 Å². The van der Waals surface area contributed by atoms with Crippen LogP contribution in [0.1, 0.15) is 6.92 Å². The number of aromatic nitrogens is 2. The molecule has 29 heavy (non-hydrogen) atoms. The Morgan fingerprint density at radius 3 is 2.86 bits per heavy atom. The number of benzene rings is 2. The highest BCUT2D eigenvalue weighted by atomic mass is 19.1. The van der Waals surface area contributed by atoms with Gasteiger partial charge in [-0.2, -0.15) is 0 Å². The summed E-state index contributed by atoms with van der Waals surface area (Å²) in [7, 11) is 1.60. The van der Waals surface area contributed by atoms with Gasteiger partial charge in [0.25, 0.3) is 0 Å².